The SMILES string of the molecule is Cc1cc(-n2nc(C)c(Cl)c2C)c(CNC2CC2)cn1. The highest BCUT2D eigenvalue weighted by molar-refractivity contribution is 6.31. The quantitative estimate of drug-likeness (QED) is 0.941. The maximum atomic E-state index is 6.26. The highest BCUT2D eigenvalue weighted by Gasteiger charge is 2.21. The van der Waals surface area contributed by atoms with Crippen molar-refractivity contribution in [1.82, 2.24) is 20.1 Å². The number of aromatic nitrogens is 3. The van der Waals surface area contributed by atoms with E-state index in [4.69, 9.17) is 11.6 Å². The zero-order valence-electron chi connectivity index (χ0n) is 12.1. The van der Waals surface area contributed by atoms with Gasteiger partial charge in [0.25, 0.3) is 0 Å². The molecule has 5 heteroatoms. The first-order chi connectivity index (χ1) is 9.56. The molecular formula is C15H19ClN4. The Hall–Kier alpha value is -1.39. The van der Waals surface area contributed by atoms with Gasteiger partial charge >= 0.3 is 0 Å². The molecule has 106 valence electrons. The van der Waals surface area contributed by atoms with Crippen molar-refractivity contribution in [2.45, 2.75) is 46.2 Å². The van der Waals surface area contributed by atoms with E-state index in [9.17, 15) is 0 Å². The van der Waals surface area contributed by atoms with Gasteiger partial charge in [0.05, 0.1) is 22.1 Å². The van der Waals surface area contributed by atoms with Crippen molar-refractivity contribution in [3.8, 4) is 5.69 Å². The van der Waals surface area contributed by atoms with Gasteiger partial charge < -0.3 is 5.32 Å². The molecule has 0 bridgehead atoms. The highest BCUT2D eigenvalue weighted by Crippen LogP contribution is 2.25. The summed E-state index contributed by atoms with van der Waals surface area (Å²) in [4.78, 5) is 4.41. The standard InChI is InChI=1S/C15H19ClN4/c1-9-6-14(20-11(3)15(16)10(2)19-20)12(7-17-9)8-18-13-4-5-13/h6-7,13,18H,4-5,8H2,1-3H3. The fraction of sp³-hybridized carbons (Fsp3) is 0.467. The summed E-state index contributed by atoms with van der Waals surface area (Å²) >= 11 is 6.26. The summed E-state index contributed by atoms with van der Waals surface area (Å²) in [7, 11) is 0. The van der Waals surface area contributed by atoms with Gasteiger partial charge in [-0.05, 0) is 39.7 Å². The first kappa shape index (κ1) is 13.6. The Bertz CT molecular complexity index is 644. The van der Waals surface area contributed by atoms with Gasteiger partial charge in [0.2, 0.25) is 0 Å². The van der Waals surface area contributed by atoms with Gasteiger partial charge in [0.1, 0.15) is 0 Å². The van der Waals surface area contributed by atoms with Crippen LogP contribution in [-0.2, 0) is 6.54 Å². The summed E-state index contributed by atoms with van der Waals surface area (Å²) in [5.74, 6) is 0. The van der Waals surface area contributed by atoms with Crippen LogP contribution in [0, 0.1) is 20.8 Å². The third-order valence-electron chi connectivity index (χ3n) is 3.69. The zero-order chi connectivity index (χ0) is 14.3. The number of hydrogen-bond donors (Lipinski definition) is 1. The molecule has 1 aliphatic carbocycles. The minimum atomic E-state index is 0.674. The molecule has 1 aliphatic rings. The van der Waals surface area contributed by atoms with Crippen LogP contribution in [0.25, 0.3) is 5.69 Å². The first-order valence-electron chi connectivity index (χ1n) is 6.97. The molecular weight excluding hydrogens is 272 g/mol. The molecule has 1 saturated carbocycles. The summed E-state index contributed by atoms with van der Waals surface area (Å²) in [6, 6.07) is 2.74. The number of rotatable bonds is 4. The van der Waals surface area contributed by atoms with Crippen molar-refractivity contribution in [3.63, 3.8) is 0 Å². The summed E-state index contributed by atoms with van der Waals surface area (Å²) < 4.78 is 1.93. The van der Waals surface area contributed by atoms with Crippen molar-refractivity contribution in [3.05, 3.63) is 39.9 Å². The van der Waals surface area contributed by atoms with Crippen molar-refractivity contribution >= 4 is 11.6 Å². The van der Waals surface area contributed by atoms with Crippen LogP contribution in [0.4, 0.5) is 0 Å². The topological polar surface area (TPSA) is 42.7 Å². The summed E-state index contributed by atoms with van der Waals surface area (Å²) in [6.45, 7) is 6.75. The van der Waals surface area contributed by atoms with E-state index in [-0.39, 0.29) is 0 Å². The van der Waals surface area contributed by atoms with Crippen LogP contribution in [0.1, 0.15) is 35.5 Å². The Morgan fingerprint density at radius 1 is 1.35 bits per heavy atom. The number of hydrogen-bond acceptors (Lipinski definition) is 3. The van der Waals surface area contributed by atoms with Crippen molar-refractivity contribution in [2.75, 3.05) is 0 Å². The largest absolute Gasteiger partial charge is 0.310 e. The van der Waals surface area contributed by atoms with Crippen LogP contribution in [0.3, 0.4) is 0 Å². The molecule has 1 N–H and O–H groups in total. The second-order valence-corrected chi connectivity index (χ2v) is 5.88. The molecule has 4 nitrogen and oxygen atoms in total. The van der Waals surface area contributed by atoms with E-state index in [0.717, 1.165) is 39.9 Å². The van der Waals surface area contributed by atoms with Gasteiger partial charge in [0.15, 0.2) is 0 Å². The lowest BCUT2D eigenvalue weighted by molar-refractivity contribution is 0.676. The van der Waals surface area contributed by atoms with Crippen LogP contribution in [0.5, 0.6) is 0 Å². The van der Waals surface area contributed by atoms with E-state index >= 15 is 0 Å². The third-order valence-corrected chi connectivity index (χ3v) is 4.24. The number of nitrogens with zero attached hydrogens (tertiary/aromatic N) is 3. The molecule has 0 saturated heterocycles. The number of aryl methyl sites for hydroxylation is 2. The Labute approximate surface area is 124 Å². The number of nitrogens with one attached hydrogen (secondary N) is 1. The van der Waals surface area contributed by atoms with Crippen LogP contribution < -0.4 is 5.32 Å². The molecule has 2 heterocycles. The lowest BCUT2D eigenvalue weighted by atomic mass is 10.2. The summed E-state index contributed by atoms with van der Waals surface area (Å²) in [5.41, 5.74) is 5.05. The normalized spacial score (nSPS) is 14.8. The van der Waals surface area contributed by atoms with Gasteiger partial charge in [-0.15, -0.1) is 0 Å². The minimum absolute atomic E-state index is 0.674. The monoisotopic (exact) mass is 290 g/mol. The van der Waals surface area contributed by atoms with Gasteiger partial charge in [-0.1, -0.05) is 11.6 Å². The molecule has 0 radical (unpaired) electrons. The number of halogens is 1. The molecule has 0 atom stereocenters. The maximum Gasteiger partial charge on any atom is 0.0848 e. The summed E-state index contributed by atoms with van der Waals surface area (Å²) in [6.07, 6.45) is 4.49. The highest BCUT2D eigenvalue weighted by atomic mass is 35.5. The zero-order valence-corrected chi connectivity index (χ0v) is 12.8. The Kier molecular flexibility index (Phi) is 3.52. The number of pyridine rings is 1. The maximum absolute atomic E-state index is 6.26. The van der Waals surface area contributed by atoms with Crippen LogP contribution >= 0.6 is 11.6 Å². The van der Waals surface area contributed by atoms with Crippen LogP contribution in [0.2, 0.25) is 5.02 Å². The Balaban J connectivity index is 2.00. The fourth-order valence-electron chi connectivity index (χ4n) is 2.31. The van der Waals surface area contributed by atoms with E-state index in [1.807, 2.05) is 31.6 Å². The fourth-order valence-corrected chi connectivity index (χ4v) is 2.42. The predicted octanol–water partition coefficient (Wildman–Crippen LogP) is 3.10. The molecule has 20 heavy (non-hydrogen) atoms. The van der Waals surface area contributed by atoms with E-state index < -0.39 is 0 Å². The molecule has 0 aliphatic heterocycles. The second kappa shape index (κ2) is 5.19. The molecule has 3 rings (SSSR count). The van der Waals surface area contributed by atoms with E-state index in [1.165, 1.54) is 12.8 Å². The molecule has 0 aromatic carbocycles. The molecule has 0 unspecified atom stereocenters. The van der Waals surface area contributed by atoms with Crippen molar-refractivity contribution in [2.24, 2.45) is 0 Å². The Morgan fingerprint density at radius 2 is 2.10 bits per heavy atom. The van der Waals surface area contributed by atoms with Crippen molar-refractivity contribution < 1.29 is 0 Å². The first-order valence-corrected chi connectivity index (χ1v) is 7.35. The van der Waals surface area contributed by atoms with Crippen LogP contribution in [0.15, 0.2) is 12.3 Å². The summed E-state index contributed by atoms with van der Waals surface area (Å²) in [5, 5.41) is 8.82. The third kappa shape index (κ3) is 2.58. The van der Waals surface area contributed by atoms with Gasteiger partial charge in [-0.3, -0.25) is 4.98 Å². The average molecular weight is 291 g/mol. The lowest BCUT2D eigenvalue weighted by Crippen LogP contribution is -2.18. The molecule has 0 spiro atoms. The van der Waals surface area contributed by atoms with Gasteiger partial charge in [0, 0.05) is 30.0 Å². The van der Waals surface area contributed by atoms with Crippen LogP contribution in [-0.4, -0.2) is 20.8 Å². The van der Waals surface area contributed by atoms with Crippen molar-refractivity contribution in [1.29, 1.82) is 0 Å². The lowest BCUT2D eigenvalue weighted by Gasteiger charge is -2.12. The average Bonchev–Trinajstić information content (AvgIpc) is 3.21. The van der Waals surface area contributed by atoms with E-state index in [1.54, 1.807) is 0 Å². The second-order valence-electron chi connectivity index (χ2n) is 5.51. The molecule has 2 aromatic rings. The Morgan fingerprint density at radius 3 is 2.70 bits per heavy atom. The predicted molar refractivity (Wildman–Crippen MR) is 80.4 cm³/mol. The van der Waals surface area contributed by atoms with E-state index in [0.29, 0.717) is 6.04 Å². The van der Waals surface area contributed by atoms with Gasteiger partial charge in [-0.2, -0.15) is 5.10 Å². The molecule has 0 amide bonds. The van der Waals surface area contributed by atoms with E-state index in [2.05, 4.69) is 21.5 Å². The molecule has 1 fully saturated rings. The minimum Gasteiger partial charge on any atom is -0.310 e. The molecule has 2 aromatic heterocycles. The van der Waals surface area contributed by atoms with Gasteiger partial charge in [-0.25, -0.2) is 4.68 Å². The smallest absolute Gasteiger partial charge is 0.0848 e.